The maximum atomic E-state index is 12.8. The Morgan fingerprint density at radius 3 is 1.53 bits per heavy atom. The first kappa shape index (κ1) is 32.3. The van der Waals surface area contributed by atoms with Crippen molar-refractivity contribution in [1.29, 1.82) is 0 Å². The second-order valence-corrected chi connectivity index (χ2v) is 10.9. The third kappa shape index (κ3) is 14.7. The van der Waals surface area contributed by atoms with E-state index in [4.69, 9.17) is 14.2 Å². The Bertz CT molecular complexity index is 685. The lowest BCUT2D eigenvalue weighted by atomic mass is 9.86. The van der Waals surface area contributed by atoms with E-state index in [0.29, 0.717) is 37.6 Å². The lowest BCUT2D eigenvalue weighted by molar-refractivity contribution is -0.0408. The minimum atomic E-state index is -0.464. The summed E-state index contributed by atoms with van der Waals surface area (Å²) in [5, 5.41) is 0. The highest BCUT2D eigenvalue weighted by atomic mass is 16.6. The summed E-state index contributed by atoms with van der Waals surface area (Å²) in [6.07, 6.45) is 14.0. The number of carbonyl (C=O) groups is 2. The van der Waals surface area contributed by atoms with Crippen LogP contribution in [-0.2, 0) is 14.2 Å². The third-order valence-electron chi connectivity index (χ3n) is 6.23. The van der Waals surface area contributed by atoms with Crippen molar-refractivity contribution in [1.82, 2.24) is 0 Å². The van der Waals surface area contributed by atoms with Gasteiger partial charge < -0.3 is 14.2 Å². The summed E-state index contributed by atoms with van der Waals surface area (Å²) in [6, 6.07) is 6.71. The van der Waals surface area contributed by atoms with Gasteiger partial charge in [0.25, 0.3) is 0 Å². The van der Waals surface area contributed by atoms with Crippen LogP contribution in [0.2, 0.25) is 0 Å². The van der Waals surface area contributed by atoms with Crippen molar-refractivity contribution in [3.63, 3.8) is 0 Å². The Labute approximate surface area is 220 Å². The maximum Gasteiger partial charge on any atom is 0.338 e. The van der Waals surface area contributed by atoms with Crippen LogP contribution >= 0.6 is 0 Å². The Hall–Kier alpha value is -1.72. The molecule has 0 N–H and O–H groups in total. The minimum Gasteiger partial charge on any atom is -0.454 e. The van der Waals surface area contributed by atoms with Gasteiger partial charge in [-0.05, 0) is 25.0 Å². The molecular formula is C31H52O5. The van der Waals surface area contributed by atoms with Crippen LogP contribution in [0.4, 0.5) is 0 Å². The number of ketones is 1. The van der Waals surface area contributed by atoms with Crippen LogP contribution < -0.4 is 0 Å². The summed E-state index contributed by atoms with van der Waals surface area (Å²) in [7, 11) is 0. The van der Waals surface area contributed by atoms with Gasteiger partial charge in [-0.3, -0.25) is 4.79 Å². The summed E-state index contributed by atoms with van der Waals surface area (Å²) < 4.78 is 17.4. The second-order valence-electron chi connectivity index (χ2n) is 10.9. The van der Waals surface area contributed by atoms with E-state index in [9.17, 15) is 9.59 Å². The number of rotatable bonds is 21. The second kappa shape index (κ2) is 19.4. The van der Waals surface area contributed by atoms with Gasteiger partial charge in [-0.2, -0.15) is 0 Å². The van der Waals surface area contributed by atoms with Crippen LogP contribution in [0.1, 0.15) is 132 Å². The molecule has 0 radical (unpaired) electrons. The van der Waals surface area contributed by atoms with Gasteiger partial charge in [0.05, 0.1) is 18.8 Å². The molecule has 0 aromatic heterocycles. The van der Waals surface area contributed by atoms with Crippen molar-refractivity contribution < 1.29 is 23.8 Å². The Kier molecular flexibility index (Phi) is 17.4. The molecular weight excluding hydrogens is 452 g/mol. The quantitative estimate of drug-likeness (QED) is 0.0959. The molecule has 5 heteroatoms. The molecule has 206 valence electrons. The van der Waals surface area contributed by atoms with Crippen molar-refractivity contribution in [3.05, 3.63) is 35.4 Å². The van der Waals surface area contributed by atoms with Gasteiger partial charge in [0.1, 0.15) is 6.10 Å². The van der Waals surface area contributed by atoms with Crippen LogP contribution in [0.3, 0.4) is 0 Å². The van der Waals surface area contributed by atoms with Gasteiger partial charge in [-0.15, -0.1) is 0 Å². The van der Waals surface area contributed by atoms with Crippen LogP contribution in [0.15, 0.2) is 24.3 Å². The summed E-state index contributed by atoms with van der Waals surface area (Å²) >= 11 is 0. The van der Waals surface area contributed by atoms with E-state index in [1.165, 1.54) is 64.2 Å². The molecule has 0 aliphatic carbocycles. The number of esters is 1. The lowest BCUT2D eigenvalue weighted by Gasteiger charge is -2.19. The molecule has 5 nitrogen and oxygen atoms in total. The molecule has 0 bridgehead atoms. The molecule has 0 fully saturated rings. The van der Waals surface area contributed by atoms with E-state index < -0.39 is 17.5 Å². The fourth-order valence-electron chi connectivity index (χ4n) is 3.92. The summed E-state index contributed by atoms with van der Waals surface area (Å²) in [5.41, 5.74) is 0.561. The molecule has 1 aromatic carbocycles. The highest BCUT2D eigenvalue weighted by molar-refractivity contribution is 6.00. The number of benzene rings is 1. The summed E-state index contributed by atoms with van der Waals surface area (Å²) in [4.78, 5) is 25.3. The first-order valence-electron chi connectivity index (χ1n) is 14.3. The zero-order valence-electron chi connectivity index (χ0n) is 23.7. The molecule has 0 aliphatic rings. The number of hydrogen-bond acceptors (Lipinski definition) is 5. The molecule has 0 saturated heterocycles. The standard InChI is InChI=1S/C31H52O5/c1-6-8-10-12-14-16-22-34-24-28(25-35-23-17-15-13-11-9-7-2)36-30(33)27-20-18-26(19-21-27)29(32)31(3,4)5/h18-21,28H,6-17,22-25H2,1-5H3. The SMILES string of the molecule is CCCCCCCCOCC(COCCCCCCCC)OC(=O)c1ccc(C(=O)C(C)(C)C)cc1. The van der Waals surface area contributed by atoms with Crippen LogP contribution in [0.25, 0.3) is 0 Å². The zero-order valence-corrected chi connectivity index (χ0v) is 23.7. The largest absolute Gasteiger partial charge is 0.454 e. The number of ether oxygens (including phenoxy) is 3. The molecule has 36 heavy (non-hydrogen) atoms. The fraction of sp³-hybridized carbons (Fsp3) is 0.742. The van der Waals surface area contributed by atoms with Gasteiger partial charge >= 0.3 is 5.97 Å². The monoisotopic (exact) mass is 504 g/mol. The van der Waals surface area contributed by atoms with Gasteiger partial charge in [0.15, 0.2) is 5.78 Å². The molecule has 1 rings (SSSR count). The van der Waals surface area contributed by atoms with E-state index in [-0.39, 0.29) is 5.78 Å². The Balaban J connectivity index is 2.53. The average molecular weight is 505 g/mol. The fourth-order valence-corrected chi connectivity index (χ4v) is 3.92. The van der Waals surface area contributed by atoms with Crippen molar-refractivity contribution in [3.8, 4) is 0 Å². The van der Waals surface area contributed by atoms with E-state index in [2.05, 4.69) is 13.8 Å². The lowest BCUT2D eigenvalue weighted by Crippen LogP contribution is -2.29. The molecule has 0 saturated carbocycles. The van der Waals surface area contributed by atoms with E-state index in [0.717, 1.165) is 12.8 Å². The number of Topliss-reactive ketones (excluding diaryl/α,β-unsaturated/α-hetero) is 1. The van der Waals surface area contributed by atoms with Gasteiger partial charge in [0, 0.05) is 24.2 Å². The minimum absolute atomic E-state index is 0.0477. The number of carbonyl (C=O) groups excluding carboxylic acids is 2. The predicted octanol–water partition coefficient (Wildman–Crippen LogP) is 8.20. The van der Waals surface area contributed by atoms with Crippen molar-refractivity contribution in [2.24, 2.45) is 5.41 Å². The first-order valence-corrected chi connectivity index (χ1v) is 14.3. The first-order chi connectivity index (χ1) is 17.3. The molecule has 0 unspecified atom stereocenters. The van der Waals surface area contributed by atoms with Crippen molar-refractivity contribution >= 4 is 11.8 Å². The summed E-state index contributed by atoms with van der Waals surface area (Å²) in [6.45, 7) is 12.1. The molecule has 1 aromatic rings. The normalized spacial score (nSPS) is 11.7. The van der Waals surface area contributed by atoms with Crippen LogP contribution in [0.5, 0.6) is 0 Å². The highest BCUT2D eigenvalue weighted by Crippen LogP contribution is 2.21. The highest BCUT2D eigenvalue weighted by Gasteiger charge is 2.23. The topological polar surface area (TPSA) is 61.8 Å². The average Bonchev–Trinajstić information content (AvgIpc) is 2.86. The molecule has 0 spiro atoms. The number of unbranched alkanes of at least 4 members (excludes halogenated alkanes) is 10. The molecule has 0 heterocycles. The summed E-state index contributed by atoms with van der Waals surface area (Å²) in [5.74, 6) is -0.368. The predicted molar refractivity (Wildman–Crippen MR) is 148 cm³/mol. The van der Waals surface area contributed by atoms with E-state index in [1.807, 2.05) is 20.8 Å². The van der Waals surface area contributed by atoms with Gasteiger partial charge in [-0.25, -0.2) is 4.79 Å². The van der Waals surface area contributed by atoms with Crippen molar-refractivity contribution in [2.45, 2.75) is 118 Å². The van der Waals surface area contributed by atoms with Gasteiger partial charge in [0.2, 0.25) is 0 Å². The smallest absolute Gasteiger partial charge is 0.338 e. The van der Waals surface area contributed by atoms with Crippen LogP contribution in [0, 0.1) is 5.41 Å². The van der Waals surface area contributed by atoms with Crippen molar-refractivity contribution in [2.75, 3.05) is 26.4 Å². The van der Waals surface area contributed by atoms with Crippen LogP contribution in [-0.4, -0.2) is 44.3 Å². The molecule has 0 aliphatic heterocycles. The van der Waals surface area contributed by atoms with E-state index >= 15 is 0 Å². The number of hydrogen-bond donors (Lipinski definition) is 0. The van der Waals surface area contributed by atoms with Gasteiger partial charge in [-0.1, -0.05) is 111 Å². The molecule has 0 atom stereocenters. The Morgan fingerprint density at radius 1 is 0.667 bits per heavy atom. The maximum absolute atomic E-state index is 12.8. The zero-order chi connectivity index (χ0) is 26.7. The third-order valence-corrected chi connectivity index (χ3v) is 6.23. The Morgan fingerprint density at radius 2 is 1.08 bits per heavy atom. The van der Waals surface area contributed by atoms with E-state index in [1.54, 1.807) is 24.3 Å². The molecule has 0 amide bonds.